The number of anilines is 3. The van der Waals surface area contributed by atoms with Gasteiger partial charge in [0.1, 0.15) is 11.9 Å². The normalized spacial score (nSPS) is 12.2. The molecule has 0 aliphatic heterocycles. The molecule has 2 amide bonds. The summed E-state index contributed by atoms with van der Waals surface area (Å²) in [4.78, 5) is 27.8. The van der Waals surface area contributed by atoms with Crippen LogP contribution in [0.15, 0.2) is 36.5 Å². The van der Waals surface area contributed by atoms with Crippen molar-refractivity contribution in [3.63, 3.8) is 0 Å². The second-order valence-electron chi connectivity index (χ2n) is 7.63. The van der Waals surface area contributed by atoms with Crippen LogP contribution in [0.5, 0.6) is 0 Å². The van der Waals surface area contributed by atoms with Crippen LogP contribution >= 0.6 is 0 Å². The summed E-state index contributed by atoms with van der Waals surface area (Å²) < 4.78 is 16.6. The molecule has 0 aliphatic rings. The third-order valence-electron chi connectivity index (χ3n) is 4.75. The molecule has 0 saturated heterocycles. The van der Waals surface area contributed by atoms with Gasteiger partial charge in [0.15, 0.2) is 11.6 Å². The number of pyridine rings is 1. The number of aryl methyl sites for hydroxylation is 1. The summed E-state index contributed by atoms with van der Waals surface area (Å²) in [7, 11) is 1.94. The number of nitrogens with zero attached hydrogens (tertiary/aromatic N) is 2. The summed E-state index contributed by atoms with van der Waals surface area (Å²) in [6.45, 7) is 3.84. The summed E-state index contributed by atoms with van der Waals surface area (Å²) in [6, 6.07) is 7.74. The Morgan fingerprint density at radius 3 is 2.53 bits per heavy atom. The molecule has 0 aliphatic carbocycles. The van der Waals surface area contributed by atoms with Gasteiger partial charge in [-0.3, -0.25) is 9.59 Å². The Morgan fingerprint density at radius 1 is 1.17 bits per heavy atom. The van der Waals surface area contributed by atoms with E-state index in [1.54, 1.807) is 0 Å². The Kier molecular flexibility index (Phi) is 5.91. The Morgan fingerprint density at radius 2 is 1.90 bits per heavy atom. The number of carbonyl (C=O) groups excluding carboxylic acids is 2. The van der Waals surface area contributed by atoms with Crippen molar-refractivity contribution < 1.29 is 14.0 Å². The van der Waals surface area contributed by atoms with Crippen LogP contribution in [0.3, 0.4) is 0 Å². The zero-order chi connectivity index (χ0) is 22.0. The second-order valence-corrected chi connectivity index (χ2v) is 7.63. The van der Waals surface area contributed by atoms with Gasteiger partial charge >= 0.3 is 0 Å². The van der Waals surface area contributed by atoms with Crippen molar-refractivity contribution in [1.29, 1.82) is 0 Å². The third-order valence-corrected chi connectivity index (χ3v) is 4.75. The van der Waals surface area contributed by atoms with Gasteiger partial charge in [-0.1, -0.05) is 13.8 Å². The van der Waals surface area contributed by atoms with Gasteiger partial charge < -0.3 is 26.7 Å². The number of carbonyl (C=O) groups is 2. The van der Waals surface area contributed by atoms with E-state index in [2.05, 4.69) is 15.6 Å². The third kappa shape index (κ3) is 4.51. The highest BCUT2D eigenvalue weighted by atomic mass is 19.1. The molecule has 0 radical (unpaired) electrons. The Bertz CT molecular complexity index is 1110. The van der Waals surface area contributed by atoms with Gasteiger partial charge in [0, 0.05) is 29.8 Å². The van der Waals surface area contributed by atoms with Gasteiger partial charge in [0.2, 0.25) is 5.91 Å². The molecule has 9 heteroatoms. The van der Waals surface area contributed by atoms with Crippen LogP contribution in [0.1, 0.15) is 30.6 Å². The van der Waals surface area contributed by atoms with E-state index in [9.17, 15) is 14.0 Å². The van der Waals surface area contributed by atoms with Gasteiger partial charge in [-0.2, -0.15) is 0 Å². The predicted molar refractivity (Wildman–Crippen MR) is 115 cm³/mol. The lowest BCUT2D eigenvalue weighted by Crippen LogP contribution is -2.37. The molecule has 158 valence electrons. The summed E-state index contributed by atoms with van der Waals surface area (Å²) in [5.74, 6) is -2.21. The molecular formula is C21H25FN6O2. The highest BCUT2D eigenvalue weighted by Gasteiger charge is 2.22. The van der Waals surface area contributed by atoms with Crippen LogP contribution in [0.4, 0.5) is 21.7 Å². The first kappa shape index (κ1) is 21.1. The fraction of sp³-hybridized carbons (Fsp3) is 0.286. The monoisotopic (exact) mass is 412 g/mol. The van der Waals surface area contributed by atoms with Crippen molar-refractivity contribution in [3.8, 4) is 0 Å². The zero-order valence-corrected chi connectivity index (χ0v) is 17.1. The number of amides is 2. The summed E-state index contributed by atoms with van der Waals surface area (Å²) in [5, 5.41) is 6.75. The molecule has 0 bridgehead atoms. The molecule has 2 aromatic heterocycles. The lowest BCUT2D eigenvalue weighted by atomic mass is 10.0. The molecule has 1 aromatic carbocycles. The average molecular weight is 412 g/mol. The Balaban J connectivity index is 1.97. The molecule has 0 spiro atoms. The Labute approximate surface area is 173 Å². The van der Waals surface area contributed by atoms with Gasteiger partial charge in [0.05, 0.1) is 5.56 Å². The van der Waals surface area contributed by atoms with Gasteiger partial charge in [-0.05, 0) is 42.7 Å². The van der Waals surface area contributed by atoms with Crippen molar-refractivity contribution in [1.82, 2.24) is 9.55 Å². The maximum Gasteiger partial charge on any atom is 0.252 e. The molecule has 3 aromatic rings. The minimum atomic E-state index is -0.829. The summed E-state index contributed by atoms with van der Waals surface area (Å²) in [6.07, 6.45) is 2.33. The fourth-order valence-corrected chi connectivity index (χ4v) is 3.25. The van der Waals surface area contributed by atoms with Crippen LogP contribution in [0.2, 0.25) is 0 Å². The van der Waals surface area contributed by atoms with E-state index >= 15 is 0 Å². The summed E-state index contributed by atoms with van der Waals surface area (Å²) in [5.41, 5.74) is 12.4. The molecular weight excluding hydrogens is 387 g/mol. The number of fused-ring (bicyclic) bond motifs is 1. The average Bonchev–Trinajstić information content (AvgIpc) is 3.03. The van der Waals surface area contributed by atoms with Crippen LogP contribution in [0.25, 0.3) is 10.9 Å². The number of benzene rings is 1. The van der Waals surface area contributed by atoms with Gasteiger partial charge in [-0.15, -0.1) is 0 Å². The van der Waals surface area contributed by atoms with E-state index in [4.69, 9.17) is 11.5 Å². The minimum absolute atomic E-state index is 0.0782. The smallest absolute Gasteiger partial charge is 0.252 e. The first-order valence-electron chi connectivity index (χ1n) is 9.54. The molecule has 8 nitrogen and oxygen atoms in total. The quantitative estimate of drug-likeness (QED) is 0.452. The predicted octanol–water partition coefficient (Wildman–Crippen LogP) is 2.87. The first-order valence-corrected chi connectivity index (χ1v) is 9.54. The van der Waals surface area contributed by atoms with Gasteiger partial charge in [0.25, 0.3) is 5.91 Å². The second kappa shape index (κ2) is 8.40. The van der Waals surface area contributed by atoms with Crippen molar-refractivity contribution in [2.75, 3.05) is 10.6 Å². The SMILES string of the molecule is CC(C)C[C@@H](Nc1nc(Nc2ccc3c(ccn3C)c2)c(C(N)=O)cc1F)C(N)=O. The highest BCUT2D eigenvalue weighted by Crippen LogP contribution is 2.27. The standard InChI is InChI=1S/C21H25FN6O2/c1-11(2)8-16(19(24)30)26-21-15(22)10-14(18(23)29)20(27-21)25-13-4-5-17-12(9-13)6-7-28(17)3/h4-7,9-11,16H,8H2,1-3H3,(H2,23,29)(H2,24,30)(H2,25,26,27)/t16-/m1/s1. The number of hydrogen-bond donors (Lipinski definition) is 4. The molecule has 0 saturated carbocycles. The lowest BCUT2D eigenvalue weighted by Gasteiger charge is -2.19. The molecule has 0 unspecified atom stereocenters. The molecule has 30 heavy (non-hydrogen) atoms. The molecule has 0 fully saturated rings. The van der Waals surface area contributed by atoms with Crippen molar-refractivity contribution in [2.45, 2.75) is 26.3 Å². The van der Waals surface area contributed by atoms with Crippen LogP contribution in [0, 0.1) is 11.7 Å². The molecule has 6 N–H and O–H groups in total. The van der Waals surface area contributed by atoms with E-state index in [0.717, 1.165) is 17.0 Å². The maximum absolute atomic E-state index is 14.6. The number of nitrogens with two attached hydrogens (primary N) is 2. The van der Waals surface area contributed by atoms with E-state index in [1.807, 2.05) is 55.9 Å². The Hall–Kier alpha value is -3.62. The van der Waals surface area contributed by atoms with E-state index in [-0.39, 0.29) is 23.1 Å². The fourth-order valence-electron chi connectivity index (χ4n) is 3.25. The molecule has 2 heterocycles. The highest BCUT2D eigenvalue weighted by molar-refractivity contribution is 5.99. The largest absolute Gasteiger partial charge is 0.368 e. The molecule has 3 rings (SSSR count). The number of hydrogen-bond acceptors (Lipinski definition) is 5. The number of rotatable bonds is 8. The van der Waals surface area contributed by atoms with Crippen molar-refractivity contribution >= 4 is 40.0 Å². The zero-order valence-electron chi connectivity index (χ0n) is 17.1. The number of aromatic nitrogens is 2. The maximum atomic E-state index is 14.6. The number of nitrogens with one attached hydrogen (secondary N) is 2. The van der Waals surface area contributed by atoms with E-state index in [1.165, 1.54) is 0 Å². The van der Waals surface area contributed by atoms with E-state index in [0.29, 0.717) is 12.1 Å². The minimum Gasteiger partial charge on any atom is -0.368 e. The van der Waals surface area contributed by atoms with Gasteiger partial charge in [-0.25, -0.2) is 9.37 Å². The van der Waals surface area contributed by atoms with E-state index < -0.39 is 23.7 Å². The van der Waals surface area contributed by atoms with Crippen LogP contribution in [-0.4, -0.2) is 27.4 Å². The summed E-state index contributed by atoms with van der Waals surface area (Å²) >= 11 is 0. The lowest BCUT2D eigenvalue weighted by molar-refractivity contribution is -0.119. The number of halogens is 1. The topological polar surface area (TPSA) is 128 Å². The molecule has 1 atom stereocenters. The van der Waals surface area contributed by atoms with Crippen molar-refractivity contribution in [2.24, 2.45) is 24.4 Å². The van der Waals surface area contributed by atoms with Crippen LogP contribution in [-0.2, 0) is 11.8 Å². The van der Waals surface area contributed by atoms with Crippen LogP contribution < -0.4 is 22.1 Å². The van der Waals surface area contributed by atoms with Crippen molar-refractivity contribution in [3.05, 3.63) is 47.9 Å². The first-order chi connectivity index (χ1) is 14.2. The number of primary amides is 2.